The van der Waals surface area contributed by atoms with Gasteiger partial charge in [-0.1, -0.05) is 29.8 Å². The van der Waals surface area contributed by atoms with E-state index < -0.39 is 5.91 Å². The van der Waals surface area contributed by atoms with E-state index in [9.17, 15) is 4.79 Å². The lowest BCUT2D eigenvalue weighted by Crippen LogP contribution is -2.16. The van der Waals surface area contributed by atoms with Crippen molar-refractivity contribution in [2.45, 2.75) is 34.0 Å². The molecule has 0 fully saturated rings. The number of ether oxygens (including phenoxy) is 3. The summed E-state index contributed by atoms with van der Waals surface area (Å²) in [6, 6.07) is 27.0. The highest BCUT2D eigenvalue weighted by Crippen LogP contribution is 2.33. The molecule has 43 heavy (non-hydrogen) atoms. The van der Waals surface area contributed by atoms with Crippen molar-refractivity contribution in [3.05, 3.63) is 129 Å². The van der Waals surface area contributed by atoms with Gasteiger partial charge in [0.15, 0.2) is 17.3 Å². The Labute approximate surface area is 259 Å². The number of benzene rings is 3. The third kappa shape index (κ3) is 7.37. The maximum Gasteiger partial charge on any atom is 0.307 e. The third-order valence-corrected chi connectivity index (χ3v) is 7.45. The summed E-state index contributed by atoms with van der Waals surface area (Å²) in [4.78, 5) is 12.6. The second-order valence-electron chi connectivity index (χ2n) is 10.0. The zero-order chi connectivity index (χ0) is 30.3. The number of amides is 1. The Morgan fingerprint density at radius 3 is 2.40 bits per heavy atom. The fourth-order valence-corrected chi connectivity index (χ4v) is 5.02. The van der Waals surface area contributed by atoms with Crippen molar-refractivity contribution in [3.63, 3.8) is 0 Å². The molecule has 0 bridgehead atoms. The first-order valence-corrected chi connectivity index (χ1v) is 14.5. The van der Waals surface area contributed by atoms with E-state index in [-0.39, 0.29) is 12.4 Å². The molecule has 3 aromatic carbocycles. The molecule has 0 aliphatic carbocycles. The van der Waals surface area contributed by atoms with Gasteiger partial charge >= 0.3 is 5.91 Å². The van der Waals surface area contributed by atoms with E-state index in [1.165, 1.54) is 23.2 Å². The van der Waals surface area contributed by atoms with E-state index in [1.807, 2.05) is 55.5 Å². The number of rotatable bonds is 11. The van der Waals surface area contributed by atoms with Crippen LogP contribution in [0.3, 0.4) is 0 Å². The normalized spacial score (nSPS) is 11.1. The third-order valence-electron chi connectivity index (χ3n) is 6.76. The standard InChI is InChI=1S/C34H32BrN3O5/c1-22-6-5-7-25(16-22)20-42-33-18-30(35)26(17-32(33)40-4)19-36-37-34(39)31-15-14-29(43-31)21-41-28-12-10-27(11-13-28)38-23(2)8-9-24(38)3/h5-19H,20-21H2,1-4H3,(H,37,39)/b36-19+. The largest absolute Gasteiger partial charge is 0.493 e. The van der Waals surface area contributed by atoms with Gasteiger partial charge in [-0.05, 0) is 103 Å². The Morgan fingerprint density at radius 1 is 0.907 bits per heavy atom. The molecule has 2 heterocycles. The lowest BCUT2D eigenvalue weighted by atomic mass is 10.1. The Hall–Kier alpha value is -4.76. The molecule has 8 nitrogen and oxygen atoms in total. The van der Waals surface area contributed by atoms with Gasteiger partial charge in [-0.15, -0.1) is 0 Å². The number of nitrogens with one attached hydrogen (secondary N) is 1. The highest BCUT2D eigenvalue weighted by Gasteiger charge is 2.13. The molecule has 9 heteroatoms. The predicted octanol–water partition coefficient (Wildman–Crippen LogP) is 7.69. The molecular weight excluding hydrogens is 610 g/mol. The van der Waals surface area contributed by atoms with Crippen molar-refractivity contribution >= 4 is 28.1 Å². The number of furan rings is 1. The minimum atomic E-state index is -0.481. The van der Waals surface area contributed by atoms with Crippen molar-refractivity contribution in [1.82, 2.24) is 9.99 Å². The van der Waals surface area contributed by atoms with Crippen LogP contribution in [0.2, 0.25) is 0 Å². The first kappa shape index (κ1) is 29.7. The molecule has 0 unspecified atom stereocenters. The number of aromatic nitrogens is 1. The smallest absolute Gasteiger partial charge is 0.307 e. The van der Waals surface area contributed by atoms with Crippen LogP contribution in [-0.4, -0.2) is 23.8 Å². The molecule has 5 rings (SSSR count). The SMILES string of the molecule is COc1cc(/C=N/NC(=O)c2ccc(COc3ccc(-n4c(C)ccc4C)cc3)o2)c(Br)cc1OCc1cccc(C)c1. The second kappa shape index (κ2) is 13.5. The van der Waals surface area contributed by atoms with E-state index in [0.29, 0.717) is 35.2 Å². The van der Waals surface area contributed by atoms with Crippen LogP contribution in [-0.2, 0) is 13.2 Å². The van der Waals surface area contributed by atoms with E-state index in [0.717, 1.165) is 15.7 Å². The average molecular weight is 643 g/mol. The van der Waals surface area contributed by atoms with Gasteiger partial charge in [-0.2, -0.15) is 5.10 Å². The molecule has 0 spiro atoms. The van der Waals surface area contributed by atoms with Crippen molar-refractivity contribution in [2.24, 2.45) is 5.10 Å². The van der Waals surface area contributed by atoms with E-state index >= 15 is 0 Å². The van der Waals surface area contributed by atoms with Crippen molar-refractivity contribution < 1.29 is 23.4 Å². The Balaban J connectivity index is 1.15. The molecule has 220 valence electrons. The highest BCUT2D eigenvalue weighted by atomic mass is 79.9. The summed E-state index contributed by atoms with van der Waals surface area (Å²) in [5.41, 5.74) is 8.82. The molecule has 0 aliphatic heterocycles. The Kier molecular flexibility index (Phi) is 9.32. The summed E-state index contributed by atoms with van der Waals surface area (Å²) in [6.07, 6.45) is 1.52. The van der Waals surface area contributed by atoms with Crippen LogP contribution < -0.4 is 19.6 Å². The molecule has 1 N–H and O–H groups in total. The van der Waals surface area contributed by atoms with Crippen LogP contribution in [0.4, 0.5) is 0 Å². The molecule has 1 amide bonds. The molecule has 0 saturated carbocycles. The van der Waals surface area contributed by atoms with Crippen LogP contribution in [0, 0.1) is 20.8 Å². The van der Waals surface area contributed by atoms with Crippen LogP contribution in [0.15, 0.2) is 98.9 Å². The number of hydrazone groups is 1. The maximum absolute atomic E-state index is 12.6. The molecule has 5 aromatic rings. The minimum absolute atomic E-state index is 0.126. The van der Waals surface area contributed by atoms with Gasteiger partial charge in [0, 0.05) is 27.1 Å². The second-order valence-corrected chi connectivity index (χ2v) is 10.9. The van der Waals surface area contributed by atoms with Crippen molar-refractivity contribution in [1.29, 1.82) is 0 Å². The van der Waals surface area contributed by atoms with Gasteiger partial charge in [-0.25, -0.2) is 5.43 Å². The summed E-state index contributed by atoms with van der Waals surface area (Å²) >= 11 is 3.55. The maximum atomic E-state index is 12.6. The molecule has 0 atom stereocenters. The molecule has 0 aliphatic rings. The molecule has 0 saturated heterocycles. The molecule has 2 aromatic heterocycles. The number of halogens is 1. The predicted molar refractivity (Wildman–Crippen MR) is 170 cm³/mol. The van der Waals surface area contributed by atoms with Gasteiger partial charge in [0.05, 0.1) is 13.3 Å². The lowest BCUT2D eigenvalue weighted by molar-refractivity contribution is 0.0923. The quantitative estimate of drug-likeness (QED) is 0.118. The Morgan fingerprint density at radius 2 is 1.67 bits per heavy atom. The minimum Gasteiger partial charge on any atom is -0.493 e. The van der Waals surface area contributed by atoms with Gasteiger partial charge in [-0.3, -0.25) is 4.79 Å². The lowest BCUT2D eigenvalue weighted by Gasteiger charge is -2.13. The van der Waals surface area contributed by atoms with Gasteiger partial charge < -0.3 is 23.2 Å². The van der Waals surface area contributed by atoms with Crippen LogP contribution >= 0.6 is 15.9 Å². The first-order chi connectivity index (χ1) is 20.8. The zero-order valence-electron chi connectivity index (χ0n) is 24.4. The van der Waals surface area contributed by atoms with Crippen LogP contribution in [0.1, 0.15) is 44.4 Å². The molecule has 0 radical (unpaired) electrons. The van der Waals surface area contributed by atoms with Crippen molar-refractivity contribution in [2.75, 3.05) is 7.11 Å². The average Bonchev–Trinajstić information content (AvgIpc) is 3.62. The number of methoxy groups -OCH3 is 1. The van der Waals surface area contributed by atoms with Gasteiger partial charge in [0.1, 0.15) is 24.7 Å². The summed E-state index contributed by atoms with van der Waals surface area (Å²) < 4.78 is 25.9. The summed E-state index contributed by atoms with van der Waals surface area (Å²) in [5, 5.41) is 4.09. The Bertz CT molecular complexity index is 1730. The topological polar surface area (TPSA) is 87.2 Å². The molecular formula is C34H32BrN3O5. The van der Waals surface area contributed by atoms with E-state index in [2.05, 4.69) is 63.1 Å². The van der Waals surface area contributed by atoms with Crippen LogP contribution in [0.5, 0.6) is 17.2 Å². The number of carbonyl (C=O) groups excluding carboxylic acids is 1. The number of hydrogen-bond acceptors (Lipinski definition) is 6. The number of carbonyl (C=O) groups is 1. The summed E-state index contributed by atoms with van der Waals surface area (Å²) in [6.45, 7) is 6.78. The fraction of sp³-hybridized carbons (Fsp3) is 0.176. The number of hydrogen-bond donors (Lipinski definition) is 1. The van der Waals surface area contributed by atoms with Gasteiger partial charge in [0.25, 0.3) is 0 Å². The number of aryl methyl sites for hydroxylation is 3. The summed E-state index contributed by atoms with van der Waals surface area (Å²) in [5.74, 6) is 2.00. The number of nitrogens with zero attached hydrogens (tertiary/aromatic N) is 2. The van der Waals surface area contributed by atoms with Gasteiger partial charge in [0.2, 0.25) is 0 Å². The van der Waals surface area contributed by atoms with Crippen LogP contribution in [0.25, 0.3) is 5.69 Å². The highest BCUT2D eigenvalue weighted by molar-refractivity contribution is 9.10. The zero-order valence-corrected chi connectivity index (χ0v) is 26.0. The van der Waals surface area contributed by atoms with Crippen molar-refractivity contribution in [3.8, 4) is 22.9 Å². The monoisotopic (exact) mass is 641 g/mol. The van der Waals surface area contributed by atoms with E-state index in [1.54, 1.807) is 25.3 Å². The fourth-order valence-electron chi connectivity index (χ4n) is 4.60. The summed E-state index contributed by atoms with van der Waals surface area (Å²) in [7, 11) is 1.57. The first-order valence-electron chi connectivity index (χ1n) is 13.7. The van der Waals surface area contributed by atoms with E-state index in [4.69, 9.17) is 18.6 Å².